The third-order valence-electron chi connectivity index (χ3n) is 6.37. The van der Waals surface area contributed by atoms with Crippen LogP contribution in [-0.4, -0.2) is 0 Å². The zero-order valence-corrected chi connectivity index (χ0v) is 33.7. The molecule has 4 aromatic carbocycles. The molecule has 0 aliphatic carbocycles. The summed E-state index contributed by atoms with van der Waals surface area (Å²) in [4.78, 5) is 0. The van der Waals surface area contributed by atoms with Crippen LogP contribution >= 0.6 is 0 Å². The molecule has 0 heteroatoms. The molecule has 0 heterocycles. The van der Waals surface area contributed by atoms with E-state index in [0.29, 0.717) is 5.41 Å². The summed E-state index contributed by atoms with van der Waals surface area (Å²) in [5.74, 6) is 0.833. The van der Waals surface area contributed by atoms with E-state index in [2.05, 4.69) is 240 Å². The van der Waals surface area contributed by atoms with Gasteiger partial charge < -0.3 is 0 Å². The first kappa shape index (κ1) is 53.3. The second kappa shape index (κ2) is 35.7. The molecule has 0 atom stereocenters. The highest BCUT2D eigenvalue weighted by Gasteiger charge is 2.16. The van der Waals surface area contributed by atoms with Gasteiger partial charge >= 0.3 is 0 Å². The third kappa shape index (κ3) is 34.7. The summed E-state index contributed by atoms with van der Waals surface area (Å²) in [6.45, 7) is 52.0. The Morgan fingerprint density at radius 3 is 0.625 bits per heavy atom. The van der Waals surface area contributed by atoms with Gasteiger partial charge in [-0.1, -0.05) is 178 Å². The Kier molecular flexibility index (Phi) is 39.7. The third-order valence-corrected chi connectivity index (χ3v) is 6.37. The lowest BCUT2D eigenvalue weighted by molar-refractivity contribution is 0.506. The molecule has 0 aliphatic rings. The van der Waals surface area contributed by atoms with Gasteiger partial charge in [0.2, 0.25) is 0 Å². The highest BCUT2D eigenvalue weighted by atomic mass is 14.2. The van der Waals surface area contributed by atoms with E-state index in [1.54, 1.807) is 0 Å². The maximum Gasteiger partial charge on any atom is -0.0106 e. The normalized spacial score (nSPS) is 8.62. The molecule has 0 aromatic heterocycles. The van der Waals surface area contributed by atoms with Crippen LogP contribution in [0.4, 0.5) is 0 Å². The minimum atomic E-state index is 0.327. The first-order valence-electron chi connectivity index (χ1n) is 16.8. The van der Waals surface area contributed by atoms with Crippen LogP contribution in [0, 0.1) is 54.4 Å². The molecule has 266 valence electrons. The van der Waals surface area contributed by atoms with Crippen molar-refractivity contribution in [2.24, 2.45) is 5.92 Å². The first-order valence-corrected chi connectivity index (χ1v) is 16.8. The van der Waals surface area contributed by atoms with Crippen LogP contribution in [-0.2, 0) is 5.41 Å². The standard InChI is InChI=1S/C12H18.3C8H10.C4H10.4C2H4/c1-5-12(3,4)11-8-6-10(2)7-9-11;3*1-7-3-5-8(2)6-4-7;1-4(2)3;4*1-2/h6-9H,5H2,1-4H3;3*3-6H,1-2H3;4H,1-3H3;4*1-2H2. The van der Waals surface area contributed by atoms with Crippen LogP contribution < -0.4 is 0 Å². The molecule has 4 aromatic rings. The molecule has 0 fully saturated rings. The fourth-order valence-corrected chi connectivity index (χ4v) is 3.12. The largest absolute Gasteiger partial charge is 0.106 e. The number of benzene rings is 4. The predicted molar refractivity (Wildman–Crippen MR) is 228 cm³/mol. The molecule has 0 radical (unpaired) electrons. The SMILES string of the molecule is C=C.C=C.C=C.C=C.CC(C)C.CCC(C)(C)c1ccc(C)cc1.Cc1ccc(C)cc1.Cc1ccc(C)cc1.Cc1ccc(C)cc1. The van der Waals surface area contributed by atoms with Crippen molar-refractivity contribution >= 4 is 0 Å². The number of hydrogen-bond acceptors (Lipinski definition) is 0. The van der Waals surface area contributed by atoms with Gasteiger partial charge in [-0.15, -0.1) is 52.6 Å². The van der Waals surface area contributed by atoms with Crippen molar-refractivity contribution in [3.05, 3.63) is 194 Å². The Bertz CT molecular complexity index is 1030. The lowest BCUT2D eigenvalue weighted by Crippen LogP contribution is -2.14. The zero-order chi connectivity index (χ0) is 38.7. The van der Waals surface area contributed by atoms with Crippen molar-refractivity contribution < 1.29 is 0 Å². The maximum absolute atomic E-state index is 3.00. The molecule has 0 nitrogen and oxygen atoms in total. The summed E-state index contributed by atoms with van der Waals surface area (Å²) in [5.41, 5.74) is 11.1. The Morgan fingerprint density at radius 1 is 0.375 bits per heavy atom. The number of hydrogen-bond donors (Lipinski definition) is 0. The Labute approximate surface area is 301 Å². The molecule has 0 unspecified atom stereocenters. The Morgan fingerprint density at radius 2 is 0.500 bits per heavy atom. The fourth-order valence-electron chi connectivity index (χ4n) is 3.12. The zero-order valence-electron chi connectivity index (χ0n) is 33.7. The van der Waals surface area contributed by atoms with Gasteiger partial charge in [0.1, 0.15) is 0 Å². The van der Waals surface area contributed by atoms with Gasteiger partial charge in [0.15, 0.2) is 0 Å². The van der Waals surface area contributed by atoms with Crippen LogP contribution in [0.3, 0.4) is 0 Å². The molecule has 0 saturated heterocycles. The van der Waals surface area contributed by atoms with Gasteiger partial charge in [0.25, 0.3) is 0 Å². The minimum absolute atomic E-state index is 0.327. The molecule has 48 heavy (non-hydrogen) atoms. The Hall–Kier alpha value is -4.16. The average Bonchev–Trinajstić information content (AvgIpc) is 3.10. The molecular formula is C48H74. The van der Waals surface area contributed by atoms with Crippen molar-refractivity contribution in [3.63, 3.8) is 0 Å². The van der Waals surface area contributed by atoms with Crippen LogP contribution in [0.15, 0.2) is 150 Å². The van der Waals surface area contributed by atoms with Crippen LogP contribution in [0.2, 0.25) is 0 Å². The van der Waals surface area contributed by atoms with Crippen LogP contribution in [0.1, 0.15) is 92.5 Å². The summed E-state index contributed by atoms with van der Waals surface area (Å²) in [6.07, 6.45) is 1.19. The second-order valence-electron chi connectivity index (χ2n) is 12.3. The van der Waals surface area contributed by atoms with Gasteiger partial charge in [0, 0.05) is 0 Å². The highest BCUT2D eigenvalue weighted by Crippen LogP contribution is 2.26. The smallest absolute Gasteiger partial charge is 0.0106 e. The fraction of sp³-hybridized carbons (Fsp3) is 0.333. The summed E-state index contributed by atoms with van der Waals surface area (Å²) in [5, 5.41) is 0. The maximum atomic E-state index is 3.00. The monoisotopic (exact) mass is 651 g/mol. The van der Waals surface area contributed by atoms with E-state index in [4.69, 9.17) is 0 Å². The van der Waals surface area contributed by atoms with E-state index in [-0.39, 0.29) is 0 Å². The van der Waals surface area contributed by atoms with Crippen molar-refractivity contribution in [1.29, 1.82) is 0 Å². The molecule has 0 bridgehead atoms. The molecule has 0 saturated carbocycles. The topological polar surface area (TPSA) is 0 Å². The Balaban J connectivity index is -0.000000156. The van der Waals surface area contributed by atoms with Crippen molar-refractivity contribution in [2.45, 2.75) is 102 Å². The predicted octanol–water partition coefficient (Wildman–Crippen LogP) is 15.5. The van der Waals surface area contributed by atoms with E-state index in [0.717, 1.165) is 5.92 Å². The van der Waals surface area contributed by atoms with Crippen molar-refractivity contribution in [2.75, 3.05) is 0 Å². The highest BCUT2D eigenvalue weighted by molar-refractivity contribution is 5.27. The van der Waals surface area contributed by atoms with Gasteiger partial charge in [-0.25, -0.2) is 0 Å². The molecular weight excluding hydrogens is 577 g/mol. The van der Waals surface area contributed by atoms with Crippen LogP contribution in [0.5, 0.6) is 0 Å². The van der Waals surface area contributed by atoms with Gasteiger partial charge in [0.05, 0.1) is 0 Å². The van der Waals surface area contributed by atoms with Crippen LogP contribution in [0.25, 0.3) is 0 Å². The molecule has 0 N–H and O–H groups in total. The average molecular weight is 651 g/mol. The van der Waals surface area contributed by atoms with E-state index in [1.807, 2.05) is 0 Å². The first-order chi connectivity index (χ1) is 22.7. The van der Waals surface area contributed by atoms with Gasteiger partial charge in [-0.05, 0) is 71.8 Å². The van der Waals surface area contributed by atoms with Gasteiger partial charge in [-0.3, -0.25) is 0 Å². The van der Waals surface area contributed by atoms with E-state index < -0.39 is 0 Å². The minimum Gasteiger partial charge on any atom is -0.106 e. The summed E-state index contributed by atoms with van der Waals surface area (Å²) < 4.78 is 0. The molecule has 4 rings (SSSR count). The summed E-state index contributed by atoms with van der Waals surface area (Å²) in [7, 11) is 0. The van der Waals surface area contributed by atoms with E-state index in [1.165, 1.54) is 50.9 Å². The van der Waals surface area contributed by atoms with E-state index in [9.17, 15) is 0 Å². The summed E-state index contributed by atoms with van der Waals surface area (Å²) in [6, 6.07) is 34.3. The number of rotatable bonds is 2. The van der Waals surface area contributed by atoms with Crippen molar-refractivity contribution in [1.82, 2.24) is 0 Å². The van der Waals surface area contributed by atoms with Gasteiger partial charge in [-0.2, -0.15) is 0 Å². The second-order valence-corrected chi connectivity index (χ2v) is 12.3. The summed E-state index contributed by atoms with van der Waals surface area (Å²) >= 11 is 0. The molecule has 0 spiro atoms. The lowest BCUT2D eigenvalue weighted by Gasteiger charge is -2.23. The van der Waals surface area contributed by atoms with Crippen molar-refractivity contribution in [3.8, 4) is 0 Å². The lowest BCUT2D eigenvalue weighted by atomic mass is 9.82. The molecule has 0 aliphatic heterocycles. The quantitative estimate of drug-likeness (QED) is 0.189. The van der Waals surface area contributed by atoms with E-state index >= 15 is 0 Å². The molecule has 0 amide bonds. The number of aryl methyl sites for hydroxylation is 7.